The third-order valence-corrected chi connectivity index (χ3v) is 4.65. The highest BCUT2D eigenvalue weighted by atomic mass is 35.5. The standard InChI is InChI=1S/C17H21ClN2O/c18-16-9-14-11-20-8-6-13(14)10-17(16)21-15-3-1-12(2-4-15)5-7-19/h6,8-12,15H,1-5,7,19H2/t12-,15+. The Balaban J connectivity index is 1.69. The molecule has 1 aromatic carbocycles. The van der Waals surface area contributed by atoms with Crippen molar-refractivity contribution in [1.29, 1.82) is 0 Å². The predicted octanol–water partition coefficient (Wildman–Crippen LogP) is 4.17. The number of aromatic nitrogens is 1. The van der Waals surface area contributed by atoms with Crippen LogP contribution in [0.3, 0.4) is 0 Å². The van der Waals surface area contributed by atoms with E-state index in [4.69, 9.17) is 22.1 Å². The second kappa shape index (κ2) is 6.63. The SMILES string of the molecule is NCC[C@H]1CC[C@@H](Oc2cc3ccncc3cc2Cl)CC1. The zero-order chi connectivity index (χ0) is 14.7. The second-order valence-electron chi connectivity index (χ2n) is 5.84. The van der Waals surface area contributed by atoms with Gasteiger partial charge in [-0.15, -0.1) is 0 Å². The lowest BCUT2D eigenvalue weighted by atomic mass is 9.85. The monoisotopic (exact) mass is 304 g/mol. The quantitative estimate of drug-likeness (QED) is 0.922. The maximum absolute atomic E-state index is 6.33. The molecule has 0 unspecified atom stereocenters. The minimum atomic E-state index is 0.274. The molecule has 0 atom stereocenters. The number of hydrogen-bond acceptors (Lipinski definition) is 3. The molecule has 1 aliphatic rings. The summed E-state index contributed by atoms with van der Waals surface area (Å²) in [6, 6.07) is 5.93. The molecular weight excluding hydrogens is 284 g/mol. The van der Waals surface area contributed by atoms with Gasteiger partial charge in [0.2, 0.25) is 0 Å². The predicted molar refractivity (Wildman–Crippen MR) is 86.8 cm³/mol. The molecule has 0 radical (unpaired) electrons. The Morgan fingerprint density at radius 3 is 2.76 bits per heavy atom. The van der Waals surface area contributed by atoms with Gasteiger partial charge in [-0.05, 0) is 68.2 Å². The van der Waals surface area contributed by atoms with Gasteiger partial charge in [-0.1, -0.05) is 11.6 Å². The molecule has 0 bridgehead atoms. The number of ether oxygens (including phenoxy) is 1. The summed E-state index contributed by atoms with van der Waals surface area (Å²) in [4.78, 5) is 4.12. The molecule has 3 rings (SSSR count). The van der Waals surface area contributed by atoms with Crippen molar-refractivity contribution in [2.45, 2.75) is 38.2 Å². The van der Waals surface area contributed by atoms with Gasteiger partial charge in [0, 0.05) is 17.8 Å². The van der Waals surface area contributed by atoms with Crippen molar-refractivity contribution in [3.8, 4) is 5.75 Å². The molecule has 0 aliphatic heterocycles. The maximum atomic E-state index is 6.33. The molecule has 1 fully saturated rings. The molecule has 2 N–H and O–H groups in total. The van der Waals surface area contributed by atoms with E-state index in [1.54, 1.807) is 6.20 Å². The van der Waals surface area contributed by atoms with E-state index < -0.39 is 0 Å². The van der Waals surface area contributed by atoms with Gasteiger partial charge >= 0.3 is 0 Å². The number of pyridine rings is 1. The van der Waals surface area contributed by atoms with Crippen molar-refractivity contribution in [2.24, 2.45) is 11.7 Å². The number of rotatable bonds is 4. The summed E-state index contributed by atoms with van der Waals surface area (Å²) in [6.07, 6.45) is 9.62. The lowest BCUT2D eigenvalue weighted by Crippen LogP contribution is -2.25. The Labute approximate surface area is 130 Å². The number of nitrogens with two attached hydrogens (primary N) is 1. The Morgan fingerprint density at radius 2 is 2.00 bits per heavy atom. The fourth-order valence-corrected chi connectivity index (χ4v) is 3.35. The number of nitrogens with zero attached hydrogens (tertiary/aromatic N) is 1. The van der Waals surface area contributed by atoms with Crippen LogP contribution >= 0.6 is 11.6 Å². The topological polar surface area (TPSA) is 48.1 Å². The van der Waals surface area contributed by atoms with Gasteiger partial charge in [-0.25, -0.2) is 0 Å². The average Bonchev–Trinajstić information content (AvgIpc) is 2.50. The first-order chi connectivity index (χ1) is 10.3. The van der Waals surface area contributed by atoms with Crippen LogP contribution in [0.15, 0.2) is 30.6 Å². The van der Waals surface area contributed by atoms with Gasteiger partial charge < -0.3 is 10.5 Å². The number of fused-ring (bicyclic) bond motifs is 1. The Hall–Kier alpha value is -1.32. The van der Waals surface area contributed by atoms with Crippen LogP contribution in [0.1, 0.15) is 32.1 Å². The number of hydrogen-bond donors (Lipinski definition) is 1. The van der Waals surface area contributed by atoms with E-state index in [0.29, 0.717) is 5.02 Å². The van der Waals surface area contributed by atoms with Gasteiger partial charge in [0.15, 0.2) is 0 Å². The number of halogens is 1. The molecular formula is C17H21ClN2O. The van der Waals surface area contributed by atoms with Gasteiger partial charge in [0.1, 0.15) is 5.75 Å². The molecule has 0 saturated heterocycles. The average molecular weight is 305 g/mol. The maximum Gasteiger partial charge on any atom is 0.138 e. The van der Waals surface area contributed by atoms with Crippen LogP contribution in [0, 0.1) is 5.92 Å². The molecule has 4 heteroatoms. The Morgan fingerprint density at radius 1 is 1.19 bits per heavy atom. The van der Waals surface area contributed by atoms with Crippen molar-refractivity contribution in [3.63, 3.8) is 0 Å². The third-order valence-electron chi connectivity index (χ3n) is 4.35. The molecule has 3 nitrogen and oxygen atoms in total. The van der Waals surface area contributed by atoms with Crippen LogP contribution in [0.5, 0.6) is 5.75 Å². The second-order valence-corrected chi connectivity index (χ2v) is 6.25. The lowest BCUT2D eigenvalue weighted by Gasteiger charge is -2.29. The van der Waals surface area contributed by atoms with Crippen molar-refractivity contribution < 1.29 is 4.74 Å². The lowest BCUT2D eigenvalue weighted by molar-refractivity contribution is 0.129. The molecule has 0 spiro atoms. The molecule has 1 aliphatic carbocycles. The van der Waals surface area contributed by atoms with Crippen LogP contribution in [0.4, 0.5) is 0 Å². The molecule has 1 heterocycles. The highest BCUT2D eigenvalue weighted by Gasteiger charge is 2.22. The minimum absolute atomic E-state index is 0.274. The molecule has 1 aromatic heterocycles. The van der Waals surface area contributed by atoms with Crippen molar-refractivity contribution >= 4 is 22.4 Å². The largest absolute Gasteiger partial charge is 0.489 e. The van der Waals surface area contributed by atoms with Gasteiger partial charge in [0.25, 0.3) is 0 Å². The molecule has 2 aromatic rings. The van der Waals surface area contributed by atoms with Crippen LogP contribution < -0.4 is 10.5 Å². The van der Waals surface area contributed by atoms with E-state index in [1.807, 2.05) is 24.4 Å². The fraction of sp³-hybridized carbons (Fsp3) is 0.471. The zero-order valence-corrected chi connectivity index (χ0v) is 12.9. The van der Waals surface area contributed by atoms with E-state index in [-0.39, 0.29) is 6.10 Å². The van der Waals surface area contributed by atoms with Crippen molar-refractivity contribution in [2.75, 3.05) is 6.54 Å². The first-order valence-corrected chi connectivity index (χ1v) is 8.04. The summed E-state index contributed by atoms with van der Waals surface area (Å²) in [7, 11) is 0. The fourth-order valence-electron chi connectivity index (χ4n) is 3.13. The molecule has 112 valence electrons. The zero-order valence-electron chi connectivity index (χ0n) is 12.1. The number of benzene rings is 1. The van der Waals surface area contributed by atoms with Crippen molar-refractivity contribution in [1.82, 2.24) is 4.98 Å². The molecule has 1 saturated carbocycles. The van der Waals surface area contributed by atoms with Gasteiger partial charge in [-0.3, -0.25) is 4.98 Å². The van der Waals surface area contributed by atoms with Crippen LogP contribution in [0.2, 0.25) is 5.02 Å². The van der Waals surface area contributed by atoms with Gasteiger partial charge in [-0.2, -0.15) is 0 Å². The highest BCUT2D eigenvalue weighted by Crippen LogP contribution is 2.34. The van der Waals surface area contributed by atoms with E-state index in [9.17, 15) is 0 Å². The van der Waals surface area contributed by atoms with E-state index in [1.165, 1.54) is 12.8 Å². The molecule has 21 heavy (non-hydrogen) atoms. The van der Waals surface area contributed by atoms with Gasteiger partial charge in [0.05, 0.1) is 11.1 Å². The van der Waals surface area contributed by atoms with E-state index in [0.717, 1.165) is 48.2 Å². The summed E-state index contributed by atoms with van der Waals surface area (Å²) >= 11 is 6.33. The van der Waals surface area contributed by atoms with Crippen LogP contribution in [-0.4, -0.2) is 17.6 Å². The van der Waals surface area contributed by atoms with E-state index >= 15 is 0 Å². The normalized spacial score (nSPS) is 22.4. The summed E-state index contributed by atoms with van der Waals surface area (Å²) in [6.45, 7) is 0.792. The highest BCUT2D eigenvalue weighted by molar-refractivity contribution is 6.32. The summed E-state index contributed by atoms with van der Waals surface area (Å²) in [5, 5.41) is 2.82. The Bertz CT molecular complexity index is 609. The smallest absolute Gasteiger partial charge is 0.138 e. The third kappa shape index (κ3) is 3.47. The van der Waals surface area contributed by atoms with Crippen LogP contribution in [-0.2, 0) is 0 Å². The van der Waals surface area contributed by atoms with E-state index in [2.05, 4.69) is 4.98 Å². The Kier molecular flexibility index (Phi) is 4.61. The summed E-state index contributed by atoms with van der Waals surface area (Å²) in [5.41, 5.74) is 5.64. The summed E-state index contributed by atoms with van der Waals surface area (Å²) in [5.74, 6) is 1.56. The molecule has 0 amide bonds. The first-order valence-electron chi connectivity index (χ1n) is 7.66. The van der Waals surface area contributed by atoms with Crippen LogP contribution in [0.25, 0.3) is 10.8 Å². The minimum Gasteiger partial charge on any atom is -0.489 e. The van der Waals surface area contributed by atoms with Crippen molar-refractivity contribution in [3.05, 3.63) is 35.6 Å². The first kappa shape index (κ1) is 14.6. The summed E-state index contributed by atoms with van der Waals surface area (Å²) < 4.78 is 6.14.